The average Bonchev–Trinajstić information content (AvgIpc) is 2.19. The van der Waals surface area contributed by atoms with Gasteiger partial charge >= 0.3 is 0 Å². The van der Waals surface area contributed by atoms with Crippen LogP contribution >= 0.6 is 0 Å². The molecule has 1 aromatic rings. The molecule has 1 atom stereocenters. The lowest BCUT2D eigenvalue weighted by Gasteiger charge is -2.22. The molecule has 106 valence electrons. The van der Waals surface area contributed by atoms with Crippen molar-refractivity contribution in [3.8, 4) is 0 Å². The highest BCUT2D eigenvalue weighted by Crippen LogP contribution is 2.26. The van der Waals surface area contributed by atoms with Gasteiger partial charge in [-0.05, 0) is 47.9 Å². The zero-order chi connectivity index (χ0) is 14.6. The second kappa shape index (κ2) is 6.31. The van der Waals surface area contributed by atoms with E-state index in [1.807, 2.05) is 6.92 Å². The molecular weight excluding hydrogens is 239 g/mol. The number of carbonyl (C=O) groups excluding carboxylic acids is 1. The third-order valence-electron chi connectivity index (χ3n) is 3.23. The molecule has 0 aliphatic rings. The van der Waals surface area contributed by atoms with Crippen LogP contribution in [0.15, 0.2) is 18.2 Å². The largest absolute Gasteiger partial charge is 0.299 e. The van der Waals surface area contributed by atoms with Crippen molar-refractivity contribution in [1.29, 1.82) is 0 Å². The highest BCUT2D eigenvalue weighted by atomic mass is 19.1. The third-order valence-corrected chi connectivity index (χ3v) is 3.23. The summed E-state index contributed by atoms with van der Waals surface area (Å²) in [6.07, 6.45) is 2.07. The van der Waals surface area contributed by atoms with Gasteiger partial charge in [-0.15, -0.1) is 0 Å². The molecule has 1 unspecified atom stereocenters. The summed E-state index contributed by atoms with van der Waals surface area (Å²) in [6.45, 7) is 10.6. The summed E-state index contributed by atoms with van der Waals surface area (Å²) >= 11 is 0. The van der Waals surface area contributed by atoms with E-state index in [0.717, 1.165) is 17.5 Å². The molecule has 1 rings (SSSR count). The standard InChI is InChI=1S/C17H25FO/c1-12(11-17(3,4)5)8-16(19)10-14-6-7-15(18)9-13(14)2/h6-7,9,12H,8,10-11H2,1-5H3. The van der Waals surface area contributed by atoms with Crippen molar-refractivity contribution in [2.24, 2.45) is 11.3 Å². The Hall–Kier alpha value is -1.18. The van der Waals surface area contributed by atoms with E-state index >= 15 is 0 Å². The predicted octanol–water partition coefficient (Wildman–Crippen LogP) is 4.71. The van der Waals surface area contributed by atoms with Crippen molar-refractivity contribution in [3.05, 3.63) is 35.1 Å². The Balaban J connectivity index is 2.56. The van der Waals surface area contributed by atoms with Gasteiger partial charge in [-0.2, -0.15) is 0 Å². The molecule has 1 nitrogen and oxygen atoms in total. The van der Waals surface area contributed by atoms with Crippen LogP contribution in [-0.2, 0) is 11.2 Å². The van der Waals surface area contributed by atoms with Gasteiger partial charge in [-0.1, -0.05) is 33.8 Å². The Morgan fingerprint density at radius 1 is 1.32 bits per heavy atom. The third kappa shape index (κ3) is 6.00. The Bertz CT molecular complexity index is 443. The van der Waals surface area contributed by atoms with Crippen LogP contribution < -0.4 is 0 Å². The zero-order valence-electron chi connectivity index (χ0n) is 12.7. The quantitative estimate of drug-likeness (QED) is 0.753. The van der Waals surface area contributed by atoms with Gasteiger partial charge in [-0.25, -0.2) is 4.39 Å². The Morgan fingerprint density at radius 3 is 2.47 bits per heavy atom. The number of carbonyl (C=O) groups is 1. The fourth-order valence-electron chi connectivity index (χ4n) is 2.65. The molecule has 19 heavy (non-hydrogen) atoms. The van der Waals surface area contributed by atoms with Crippen LogP contribution in [0.2, 0.25) is 0 Å². The minimum absolute atomic E-state index is 0.241. The SMILES string of the molecule is Cc1cc(F)ccc1CC(=O)CC(C)CC(C)(C)C. The molecular formula is C17H25FO. The normalized spacial score (nSPS) is 13.4. The Labute approximate surface area is 116 Å². The van der Waals surface area contributed by atoms with E-state index in [1.54, 1.807) is 6.07 Å². The molecule has 0 bridgehead atoms. The summed E-state index contributed by atoms with van der Waals surface area (Å²) in [5, 5.41) is 0. The molecule has 0 aliphatic heterocycles. The number of rotatable bonds is 5. The summed E-state index contributed by atoms with van der Waals surface area (Å²) in [6, 6.07) is 4.63. The summed E-state index contributed by atoms with van der Waals surface area (Å²) < 4.78 is 13.0. The molecule has 0 aliphatic carbocycles. The van der Waals surface area contributed by atoms with E-state index in [4.69, 9.17) is 0 Å². The number of ketones is 1. The van der Waals surface area contributed by atoms with E-state index in [2.05, 4.69) is 27.7 Å². The van der Waals surface area contributed by atoms with Crippen LogP contribution in [0.5, 0.6) is 0 Å². The molecule has 0 heterocycles. The minimum atomic E-state index is -0.241. The molecule has 0 spiro atoms. The fourth-order valence-corrected chi connectivity index (χ4v) is 2.65. The van der Waals surface area contributed by atoms with E-state index in [9.17, 15) is 9.18 Å². The molecule has 0 N–H and O–H groups in total. The Kier molecular flexibility index (Phi) is 5.28. The van der Waals surface area contributed by atoms with Crippen molar-refractivity contribution in [2.75, 3.05) is 0 Å². The van der Waals surface area contributed by atoms with E-state index in [0.29, 0.717) is 18.8 Å². The number of halogens is 1. The van der Waals surface area contributed by atoms with E-state index in [1.165, 1.54) is 12.1 Å². The van der Waals surface area contributed by atoms with Gasteiger partial charge in [-0.3, -0.25) is 4.79 Å². The topological polar surface area (TPSA) is 17.1 Å². The fraction of sp³-hybridized carbons (Fsp3) is 0.588. The lowest BCUT2D eigenvalue weighted by molar-refractivity contribution is -0.119. The second-order valence-electron chi connectivity index (χ2n) is 6.86. The summed E-state index contributed by atoms with van der Waals surface area (Å²) in [5.74, 6) is 0.398. The van der Waals surface area contributed by atoms with Crippen molar-refractivity contribution in [3.63, 3.8) is 0 Å². The molecule has 1 aromatic carbocycles. The van der Waals surface area contributed by atoms with Gasteiger partial charge in [0.1, 0.15) is 11.6 Å². The van der Waals surface area contributed by atoms with Crippen LogP contribution in [0.1, 0.15) is 51.7 Å². The average molecular weight is 264 g/mol. The molecule has 0 amide bonds. The first-order valence-electron chi connectivity index (χ1n) is 6.94. The first-order chi connectivity index (χ1) is 8.67. The minimum Gasteiger partial charge on any atom is -0.299 e. The molecule has 2 heteroatoms. The lowest BCUT2D eigenvalue weighted by atomic mass is 9.83. The maximum Gasteiger partial charge on any atom is 0.137 e. The van der Waals surface area contributed by atoms with Gasteiger partial charge < -0.3 is 0 Å². The van der Waals surface area contributed by atoms with E-state index in [-0.39, 0.29) is 17.0 Å². The first kappa shape index (κ1) is 15.9. The number of hydrogen-bond acceptors (Lipinski definition) is 1. The highest BCUT2D eigenvalue weighted by molar-refractivity contribution is 5.81. The van der Waals surface area contributed by atoms with Crippen molar-refractivity contribution in [2.45, 2.75) is 53.9 Å². The summed E-state index contributed by atoms with van der Waals surface area (Å²) in [4.78, 5) is 12.1. The molecule has 0 saturated heterocycles. The number of aryl methyl sites for hydroxylation is 1. The Morgan fingerprint density at radius 2 is 1.95 bits per heavy atom. The number of benzene rings is 1. The van der Waals surface area contributed by atoms with Crippen molar-refractivity contribution < 1.29 is 9.18 Å². The molecule has 0 radical (unpaired) electrons. The van der Waals surface area contributed by atoms with Gasteiger partial charge in [0.15, 0.2) is 0 Å². The van der Waals surface area contributed by atoms with Crippen LogP contribution in [0.4, 0.5) is 4.39 Å². The second-order valence-corrected chi connectivity index (χ2v) is 6.86. The van der Waals surface area contributed by atoms with Crippen LogP contribution in [0.3, 0.4) is 0 Å². The first-order valence-corrected chi connectivity index (χ1v) is 6.94. The summed E-state index contributed by atoms with van der Waals surface area (Å²) in [5.41, 5.74) is 2.05. The molecule has 0 aromatic heterocycles. The van der Waals surface area contributed by atoms with Crippen LogP contribution in [-0.4, -0.2) is 5.78 Å². The number of Topliss-reactive ketones (excluding diaryl/α,β-unsaturated/α-hetero) is 1. The lowest BCUT2D eigenvalue weighted by Crippen LogP contribution is -2.15. The van der Waals surface area contributed by atoms with Gasteiger partial charge in [0.05, 0.1) is 0 Å². The highest BCUT2D eigenvalue weighted by Gasteiger charge is 2.18. The van der Waals surface area contributed by atoms with Crippen molar-refractivity contribution >= 4 is 5.78 Å². The maximum absolute atomic E-state index is 13.0. The van der Waals surface area contributed by atoms with Crippen molar-refractivity contribution in [1.82, 2.24) is 0 Å². The van der Waals surface area contributed by atoms with Crippen LogP contribution in [0, 0.1) is 24.1 Å². The van der Waals surface area contributed by atoms with Crippen LogP contribution in [0.25, 0.3) is 0 Å². The monoisotopic (exact) mass is 264 g/mol. The smallest absolute Gasteiger partial charge is 0.137 e. The summed E-state index contributed by atoms with van der Waals surface area (Å²) in [7, 11) is 0. The van der Waals surface area contributed by atoms with Gasteiger partial charge in [0, 0.05) is 12.8 Å². The zero-order valence-corrected chi connectivity index (χ0v) is 12.7. The van der Waals surface area contributed by atoms with E-state index < -0.39 is 0 Å². The van der Waals surface area contributed by atoms with Gasteiger partial charge in [0.2, 0.25) is 0 Å². The van der Waals surface area contributed by atoms with Gasteiger partial charge in [0.25, 0.3) is 0 Å². The maximum atomic E-state index is 13.0. The number of hydrogen-bond donors (Lipinski definition) is 0. The molecule has 0 saturated carbocycles. The molecule has 0 fully saturated rings. The predicted molar refractivity (Wildman–Crippen MR) is 77.7 cm³/mol.